The molecule has 0 fully saturated rings. The number of halogens is 1. The molecule has 4 heteroatoms. The molecule has 1 aromatic heterocycles. The maximum Gasteiger partial charge on any atom is 0.131 e. The van der Waals surface area contributed by atoms with Crippen molar-refractivity contribution in [1.29, 1.82) is 0 Å². The zero-order valence-corrected chi connectivity index (χ0v) is 7.51. The van der Waals surface area contributed by atoms with Crippen LogP contribution >= 0.6 is 11.5 Å². The molecule has 2 N–H and O–H groups in total. The van der Waals surface area contributed by atoms with Crippen LogP contribution in [0.4, 0.5) is 10.1 Å². The number of rotatable bonds is 1. The highest BCUT2D eigenvalue weighted by Crippen LogP contribution is 2.30. The van der Waals surface area contributed by atoms with E-state index in [0.717, 1.165) is 0 Å². The van der Waals surface area contributed by atoms with Crippen LogP contribution in [0.2, 0.25) is 0 Å². The second kappa shape index (κ2) is 3.14. The first-order valence-corrected chi connectivity index (χ1v) is 4.51. The number of aromatic nitrogens is 1. The van der Waals surface area contributed by atoms with E-state index in [9.17, 15) is 4.39 Å². The molecule has 0 spiro atoms. The molecule has 0 radical (unpaired) electrons. The summed E-state index contributed by atoms with van der Waals surface area (Å²) in [6.07, 6.45) is 1.53. The third-order valence-electron chi connectivity index (χ3n) is 1.72. The smallest absolute Gasteiger partial charge is 0.131 e. The van der Waals surface area contributed by atoms with Crippen LogP contribution in [0.5, 0.6) is 0 Å². The monoisotopic (exact) mass is 194 g/mol. The van der Waals surface area contributed by atoms with Gasteiger partial charge in [-0.1, -0.05) is 18.2 Å². The third kappa shape index (κ3) is 1.40. The van der Waals surface area contributed by atoms with Gasteiger partial charge < -0.3 is 5.73 Å². The molecule has 1 aromatic carbocycles. The summed E-state index contributed by atoms with van der Waals surface area (Å²) in [5.41, 5.74) is 6.66. The molecule has 1 heterocycles. The number of nitrogens with two attached hydrogens (primary N) is 1. The van der Waals surface area contributed by atoms with E-state index in [2.05, 4.69) is 4.37 Å². The lowest BCUT2D eigenvalue weighted by Gasteiger charge is -1.99. The molecule has 0 aliphatic rings. The number of nitrogens with zero attached hydrogens (tertiary/aromatic N) is 1. The summed E-state index contributed by atoms with van der Waals surface area (Å²) < 4.78 is 17.1. The molecule has 2 nitrogen and oxygen atoms in total. The van der Waals surface area contributed by atoms with Gasteiger partial charge in [-0.3, -0.25) is 0 Å². The Morgan fingerprint density at radius 2 is 2.08 bits per heavy atom. The first-order chi connectivity index (χ1) is 6.29. The van der Waals surface area contributed by atoms with Crippen LogP contribution in [-0.2, 0) is 0 Å². The summed E-state index contributed by atoms with van der Waals surface area (Å²) in [6.45, 7) is 0. The van der Waals surface area contributed by atoms with Crippen molar-refractivity contribution < 1.29 is 4.39 Å². The van der Waals surface area contributed by atoms with Crippen molar-refractivity contribution in [3.05, 3.63) is 36.3 Å². The lowest BCUT2D eigenvalue weighted by Crippen LogP contribution is -1.86. The van der Waals surface area contributed by atoms with Crippen LogP contribution in [0.3, 0.4) is 0 Å². The van der Waals surface area contributed by atoms with Gasteiger partial charge in [0.15, 0.2) is 0 Å². The van der Waals surface area contributed by atoms with E-state index in [0.29, 0.717) is 16.1 Å². The molecule has 2 aromatic rings. The van der Waals surface area contributed by atoms with Crippen molar-refractivity contribution in [3.8, 4) is 10.4 Å². The van der Waals surface area contributed by atoms with Gasteiger partial charge in [0.05, 0.1) is 16.8 Å². The van der Waals surface area contributed by atoms with E-state index in [1.807, 2.05) is 0 Å². The van der Waals surface area contributed by atoms with Crippen molar-refractivity contribution >= 4 is 17.2 Å². The van der Waals surface area contributed by atoms with Gasteiger partial charge in [-0.25, -0.2) is 4.39 Å². The Bertz CT molecular complexity index is 425. The van der Waals surface area contributed by atoms with Crippen LogP contribution < -0.4 is 5.73 Å². The molecule has 0 atom stereocenters. The van der Waals surface area contributed by atoms with Gasteiger partial charge in [0.2, 0.25) is 0 Å². The summed E-state index contributed by atoms with van der Waals surface area (Å²) in [5, 5.41) is 0. The topological polar surface area (TPSA) is 38.9 Å². The lowest BCUT2D eigenvalue weighted by molar-refractivity contribution is 0.632. The predicted molar refractivity (Wildman–Crippen MR) is 51.9 cm³/mol. The van der Waals surface area contributed by atoms with Crippen LogP contribution in [0.15, 0.2) is 30.5 Å². The average molecular weight is 194 g/mol. The molecule has 0 saturated carbocycles. The van der Waals surface area contributed by atoms with Crippen molar-refractivity contribution in [2.75, 3.05) is 5.73 Å². The highest BCUT2D eigenvalue weighted by molar-refractivity contribution is 7.10. The van der Waals surface area contributed by atoms with Crippen LogP contribution in [-0.4, -0.2) is 4.37 Å². The van der Waals surface area contributed by atoms with Gasteiger partial charge in [-0.2, -0.15) is 4.37 Å². The fourth-order valence-corrected chi connectivity index (χ4v) is 1.79. The zero-order chi connectivity index (χ0) is 9.26. The molecular formula is C9H7FN2S. The average Bonchev–Trinajstić information content (AvgIpc) is 2.52. The second-order valence-corrected chi connectivity index (χ2v) is 3.39. The summed E-state index contributed by atoms with van der Waals surface area (Å²) in [7, 11) is 0. The third-order valence-corrected chi connectivity index (χ3v) is 2.57. The number of hydrogen-bond donors (Lipinski definition) is 1. The van der Waals surface area contributed by atoms with E-state index in [1.165, 1.54) is 23.8 Å². The highest BCUT2D eigenvalue weighted by atomic mass is 32.1. The minimum absolute atomic E-state index is 0.265. The van der Waals surface area contributed by atoms with E-state index < -0.39 is 0 Å². The molecule has 66 valence electrons. The Morgan fingerprint density at radius 3 is 2.69 bits per heavy atom. The van der Waals surface area contributed by atoms with E-state index in [1.54, 1.807) is 18.2 Å². The molecule has 0 aliphatic carbocycles. The molecule has 13 heavy (non-hydrogen) atoms. The van der Waals surface area contributed by atoms with E-state index >= 15 is 0 Å². The summed E-state index contributed by atoms with van der Waals surface area (Å²) in [5.74, 6) is -0.265. The van der Waals surface area contributed by atoms with Crippen molar-refractivity contribution in [2.24, 2.45) is 0 Å². The Kier molecular flexibility index (Phi) is 1.98. The SMILES string of the molecule is Nc1cnsc1-c1ccccc1F. The molecule has 2 rings (SSSR count). The highest BCUT2D eigenvalue weighted by Gasteiger charge is 2.08. The van der Waals surface area contributed by atoms with Crippen molar-refractivity contribution in [2.45, 2.75) is 0 Å². The van der Waals surface area contributed by atoms with Gasteiger partial charge in [-0.05, 0) is 17.6 Å². The summed E-state index contributed by atoms with van der Waals surface area (Å²) in [4.78, 5) is 0.693. The quantitative estimate of drug-likeness (QED) is 0.757. The first kappa shape index (κ1) is 8.19. The van der Waals surface area contributed by atoms with Crippen LogP contribution in [0.25, 0.3) is 10.4 Å². The maximum atomic E-state index is 13.3. The van der Waals surface area contributed by atoms with Crippen molar-refractivity contribution in [1.82, 2.24) is 4.37 Å². The molecule has 0 bridgehead atoms. The Morgan fingerprint density at radius 1 is 1.31 bits per heavy atom. The van der Waals surface area contributed by atoms with E-state index in [-0.39, 0.29) is 5.82 Å². The van der Waals surface area contributed by atoms with Gasteiger partial charge in [-0.15, -0.1) is 0 Å². The number of benzene rings is 1. The van der Waals surface area contributed by atoms with Crippen LogP contribution in [0, 0.1) is 5.82 Å². The van der Waals surface area contributed by atoms with Gasteiger partial charge in [0.25, 0.3) is 0 Å². The van der Waals surface area contributed by atoms with Gasteiger partial charge >= 0.3 is 0 Å². The summed E-state index contributed by atoms with van der Waals surface area (Å²) in [6, 6.07) is 6.53. The standard InChI is InChI=1S/C9H7FN2S/c10-7-4-2-1-3-6(7)9-8(11)5-12-13-9/h1-5H,11H2. The molecule has 0 unspecified atom stereocenters. The fraction of sp³-hybridized carbons (Fsp3) is 0. The van der Waals surface area contributed by atoms with Gasteiger partial charge in [0.1, 0.15) is 5.82 Å². The lowest BCUT2D eigenvalue weighted by atomic mass is 10.1. The molecule has 0 saturated heterocycles. The summed E-state index contributed by atoms with van der Waals surface area (Å²) >= 11 is 1.20. The fourth-order valence-electron chi connectivity index (χ4n) is 1.10. The maximum absolute atomic E-state index is 13.3. The predicted octanol–water partition coefficient (Wildman–Crippen LogP) is 2.53. The van der Waals surface area contributed by atoms with Crippen LogP contribution in [0.1, 0.15) is 0 Å². The minimum Gasteiger partial charge on any atom is -0.396 e. The largest absolute Gasteiger partial charge is 0.396 e. The first-order valence-electron chi connectivity index (χ1n) is 3.74. The van der Waals surface area contributed by atoms with E-state index in [4.69, 9.17) is 5.73 Å². The number of nitrogen functional groups attached to an aromatic ring is 1. The second-order valence-electron chi connectivity index (χ2n) is 2.59. The molecule has 0 aliphatic heterocycles. The number of anilines is 1. The normalized spacial score (nSPS) is 10.2. The van der Waals surface area contributed by atoms with Crippen molar-refractivity contribution in [3.63, 3.8) is 0 Å². The Hall–Kier alpha value is -1.42. The molecular weight excluding hydrogens is 187 g/mol. The minimum atomic E-state index is -0.265. The Balaban J connectivity index is 2.59. The molecule has 0 amide bonds. The van der Waals surface area contributed by atoms with Gasteiger partial charge in [0, 0.05) is 5.56 Å². The number of hydrogen-bond acceptors (Lipinski definition) is 3. The Labute approximate surface area is 79.0 Å². The zero-order valence-electron chi connectivity index (χ0n) is 6.70.